The number of unbranched alkanes of at least 4 members (excludes halogenated alkanes) is 11. The van der Waals surface area contributed by atoms with Crippen molar-refractivity contribution >= 4 is 7.82 Å². The lowest BCUT2D eigenvalue weighted by molar-refractivity contribution is 0.187. The molecule has 0 aromatic heterocycles. The van der Waals surface area contributed by atoms with Gasteiger partial charge in [-0.1, -0.05) is 78.1 Å². The first kappa shape index (κ1) is 26.1. The second-order valence-electron chi connectivity index (χ2n) is 7.41. The quantitative estimate of drug-likeness (QED) is 0.199. The Balaban J connectivity index is 3.89. The summed E-state index contributed by atoms with van der Waals surface area (Å²) in [7, 11) is -4.31. The van der Waals surface area contributed by atoms with Gasteiger partial charge < -0.3 is 14.7 Å². The molecule has 0 aliphatic carbocycles. The molecule has 26 heavy (non-hydrogen) atoms. The summed E-state index contributed by atoms with van der Waals surface area (Å²) in [6.45, 7) is 7.96. The molecule has 0 aliphatic heterocycles. The Labute approximate surface area is 162 Å². The summed E-state index contributed by atoms with van der Waals surface area (Å²) in [5.74, 6) is 0. The van der Waals surface area contributed by atoms with E-state index in [-0.39, 0.29) is 6.61 Å². The lowest BCUT2D eigenvalue weighted by Gasteiger charge is -2.22. The first-order valence-corrected chi connectivity index (χ1v) is 12.4. The van der Waals surface area contributed by atoms with Crippen LogP contribution in [0.25, 0.3) is 0 Å². The molecule has 2 N–H and O–H groups in total. The van der Waals surface area contributed by atoms with E-state index in [1.54, 1.807) is 0 Å². The van der Waals surface area contributed by atoms with Gasteiger partial charge in [-0.2, -0.15) is 0 Å². The second-order valence-corrected chi connectivity index (χ2v) is 8.65. The van der Waals surface area contributed by atoms with Gasteiger partial charge in [0.1, 0.15) is 0 Å². The normalized spacial score (nSPS) is 12.2. The third-order valence-corrected chi connectivity index (χ3v) is 5.30. The van der Waals surface area contributed by atoms with E-state index in [0.29, 0.717) is 6.42 Å². The van der Waals surface area contributed by atoms with Crippen LogP contribution in [0.5, 0.6) is 0 Å². The van der Waals surface area contributed by atoms with Crippen molar-refractivity contribution < 1.29 is 18.9 Å². The average molecular weight is 394 g/mol. The fraction of sp³-hybridized carbons (Fsp3) is 1.00. The topological polar surface area (TPSA) is 70.0 Å². The highest BCUT2D eigenvalue weighted by Gasteiger charge is 2.12. The molecule has 0 unspecified atom stereocenters. The Morgan fingerprint density at radius 2 is 1.04 bits per heavy atom. The fourth-order valence-corrected chi connectivity index (χ4v) is 3.55. The maximum absolute atomic E-state index is 10.7. The number of rotatable bonds is 20. The third-order valence-electron chi connectivity index (χ3n) is 4.78. The summed E-state index contributed by atoms with van der Waals surface area (Å²) in [6.07, 6.45) is 17.5. The van der Waals surface area contributed by atoms with Crippen LogP contribution in [0.4, 0.5) is 0 Å². The van der Waals surface area contributed by atoms with E-state index in [1.807, 2.05) is 0 Å². The summed E-state index contributed by atoms with van der Waals surface area (Å²) in [5.41, 5.74) is 0. The molecule has 5 nitrogen and oxygen atoms in total. The smallest absolute Gasteiger partial charge is 0.303 e. The zero-order chi connectivity index (χ0) is 19.5. The molecule has 0 saturated heterocycles. The van der Waals surface area contributed by atoms with Crippen LogP contribution < -0.4 is 0 Å². The number of nitrogens with zero attached hydrogens (tertiary/aromatic N) is 1. The van der Waals surface area contributed by atoms with Crippen LogP contribution in [-0.2, 0) is 9.09 Å². The highest BCUT2D eigenvalue weighted by molar-refractivity contribution is 7.46. The zero-order valence-electron chi connectivity index (χ0n) is 17.3. The SMILES string of the molecule is CCCCCCCCN(CCCCCCCC)CCCCOP(=O)(O)O. The second kappa shape index (κ2) is 18.4. The van der Waals surface area contributed by atoms with Gasteiger partial charge in [0.25, 0.3) is 0 Å². The van der Waals surface area contributed by atoms with Crippen molar-refractivity contribution in [3.05, 3.63) is 0 Å². The predicted octanol–water partition coefficient (Wildman–Crippen LogP) is 5.90. The van der Waals surface area contributed by atoms with Crippen LogP contribution in [-0.4, -0.2) is 40.9 Å². The first-order valence-electron chi connectivity index (χ1n) is 10.9. The molecule has 0 radical (unpaired) electrons. The standard InChI is InChI=1S/C20H44NO4P/c1-3-5-7-9-11-13-17-21(18-14-12-10-8-6-4-2)19-15-16-20-25-26(22,23)24/h3-20H2,1-2H3,(H2,22,23,24). The fourth-order valence-electron chi connectivity index (χ4n) is 3.19. The van der Waals surface area contributed by atoms with E-state index in [9.17, 15) is 4.57 Å². The Morgan fingerprint density at radius 3 is 1.46 bits per heavy atom. The van der Waals surface area contributed by atoms with Gasteiger partial charge in [0, 0.05) is 0 Å². The van der Waals surface area contributed by atoms with Crippen molar-refractivity contribution in [3.63, 3.8) is 0 Å². The highest BCUT2D eigenvalue weighted by Crippen LogP contribution is 2.35. The molecule has 0 aromatic carbocycles. The van der Waals surface area contributed by atoms with Crippen molar-refractivity contribution in [2.75, 3.05) is 26.2 Å². The minimum atomic E-state index is -4.31. The molecule has 0 rings (SSSR count). The van der Waals surface area contributed by atoms with Crippen molar-refractivity contribution in [2.24, 2.45) is 0 Å². The van der Waals surface area contributed by atoms with Gasteiger partial charge >= 0.3 is 7.82 Å². The number of phosphoric ester groups is 1. The van der Waals surface area contributed by atoms with Gasteiger partial charge in [0.05, 0.1) is 6.61 Å². The number of hydrogen-bond acceptors (Lipinski definition) is 3. The summed E-state index contributed by atoms with van der Waals surface area (Å²) in [6, 6.07) is 0. The Bertz CT molecular complexity index is 320. The molecule has 0 atom stereocenters. The van der Waals surface area contributed by atoms with E-state index in [4.69, 9.17) is 9.79 Å². The molecule has 0 aliphatic rings. The summed E-state index contributed by atoms with van der Waals surface area (Å²) < 4.78 is 15.2. The zero-order valence-corrected chi connectivity index (χ0v) is 18.2. The average Bonchev–Trinajstić information content (AvgIpc) is 2.58. The van der Waals surface area contributed by atoms with Crippen LogP contribution in [0.2, 0.25) is 0 Å². The van der Waals surface area contributed by atoms with Crippen LogP contribution in [0, 0.1) is 0 Å². The lowest BCUT2D eigenvalue weighted by atomic mass is 10.1. The molecule has 0 bridgehead atoms. The van der Waals surface area contributed by atoms with Crippen LogP contribution in [0.15, 0.2) is 0 Å². The van der Waals surface area contributed by atoms with E-state index < -0.39 is 7.82 Å². The third kappa shape index (κ3) is 20.4. The van der Waals surface area contributed by atoms with E-state index in [2.05, 4.69) is 23.3 Å². The van der Waals surface area contributed by atoms with Gasteiger partial charge in [0.2, 0.25) is 0 Å². The van der Waals surface area contributed by atoms with Crippen molar-refractivity contribution in [3.8, 4) is 0 Å². The molecule has 6 heteroatoms. The number of phosphoric acid groups is 1. The molecule has 0 saturated carbocycles. The maximum atomic E-state index is 10.7. The molecule has 0 aromatic rings. The minimum absolute atomic E-state index is 0.145. The van der Waals surface area contributed by atoms with E-state index in [1.165, 1.54) is 77.0 Å². The summed E-state index contributed by atoms with van der Waals surface area (Å²) in [4.78, 5) is 20.0. The van der Waals surface area contributed by atoms with Gasteiger partial charge in [-0.25, -0.2) is 4.57 Å². The first-order chi connectivity index (χ1) is 12.5. The van der Waals surface area contributed by atoms with Crippen molar-refractivity contribution in [2.45, 2.75) is 104 Å². The number of hydrogen-bond donors (Lipinski definition) is 2. The van der Waals surface area contributed by atoms with Crippen molar-refractivity contribution in [1.29, 1.82) is 0 Å². The van der Waals surface area contributed by atoms with E-state index in [0.717, 1.165) is 26.1 Å². The Kier molecular flexibility index (Phi) is 18.5. The van der Waals surface area contributed by atoms with Crippen LogP contribution in [0.3, 0.4) is 0 Å². The monoisotopic (exact) mass is 393 g/mol. The van der Waals surface area contributed by atoms with Crippen molar-refractivity contribution in [1.82, 2.24) is 4.90 Å². The molecule has 0 amide bonds. The van der Waals surface area contributed by atoms with Gasteiger partial charge in [-0.05, 0) is 45.3 Å². The molecule has 158 valence electrons. The summed E-state index contributed by atoms with van der Waals surface area (Å²) in [5, 5.41) is 0. The van der Waals surface area contributed by atoms with Gasteiger partial charge in [-0.3, -0.25) is 4.52 Å². The van der Waals surface area contributed by atoms with Gasteiger partial charge in [-0.15, -0.1) is 0 Å². The lowest BCUT2D eigenvalue weighted by Crippen LogP contribution is -2.27. The summed E-state index contributed by atoms with van der Waals surface area (Å²) >= 11 is 0. The molecule has 0 heterocycles. The van der Waals surface area contributed by atoms with Crippen LogP contribution in [0.1, 0.15) is 104 Å². The molecular weight excluding hydrogens is 349 g/mol. The minimum Gasteiger partial charge on any atom is -0.303 e. The largest absolute Gasteiger partial charge is 0.469 e. The predicted molar refractivity (Wildman–Crippen MR) is 110 cm³/mol. The molecular formula is C20H44NO4P. The molecule has 0 fully saturated rings. The highest BCUT2D eigenvalue weighted by atomic mass is 31.2. The van der Waals surface area contributed by atoms with Gasteiger partial charge in [0.15, 0.2) is 0 Å². The maximum Gasteiger partial charge on any atom is 0.469 e. The Hall–Kier alpha value is 0.0700. The Morgan fingerprint density at radius 1 is 0.654 bits per heavy atom. The van der Waals surface area contributed by atoms with E-state index >= 15 is 0 Å². The van der Waals surface area contributed by atoms with Crippen LogP contribution >= 0.6 is 7.82 Å². The molecule has 0 spiro atoms.